The maximum absolute atomic E-state index is 14.5. The fourth-order valence-electron chi connectivity index (χ4n) is 4.59. The Kier molecular flexibility index (Phi) is 8.50. The van der Waals surface area contributed by atoms with Gasteiger partial charge in [0.2, 0.25) is 11.9 Å². The zero-order chi connectivity index (χ0) is 24.6. The fourth-order valence-corrected chi connectivity index (χ4v) is 4.59. The molecule has 2 saturated heterocycles. The number of amides is 2. The summed E-state index contributed by atoms with van der Waals surface area (Å²) < 4.78 is 20.2. The van der Waals surface area contributed by atoms with Gasteiger partial charge in [-0.05, 0) is 62.1 Å². The van der Waals surface area contributed by atoms with Crippen molar-refractivity contribution in [2.24, 2.45) is 5.92 Å². The highest BCUT2D eigenvalue weighted by atomic mass is 19.1. The summed E-state index contributed by atoms with van der Waals surface area (Å²) in [5, 5.41) is 5.46. The summed E-state index contributed by atoms with van der Waals surface area (Å²) in [5.74, 6) is 0.746. The van der Waals surface area contributed by atoms with Crippen molar-refractivity contribution in [3.63, 3.8) is 0 Å². The molecule has 2 amide bonds. The number of piperidine rings is 1. The molecule has 0 radical (unpaired) electrons. The van der Waals surface area contributed by atoms with Crippen LogP contribution in [0.4, 0.5) is 10.3 Å². The smallest absolute Gasteiger partial charge is 0.254 e. The average Bonchev–Trinajstić information content (AvgIpc) is 3.30. The number of nitrogens with one attached hydrogen (secondary N) is 2. The molecule has 8 nitrogen and oxygen atoms in total. The molecular weight excluding hydrogens is 449 g/mol. The highest BCUT2D eigenvalue weighted by Crippen LogP contribution is 2.25. The van der Waals surface area contributed by atoms with Gasteiger partial charge in [-0.3, -0.25) is 9.59 Å². The monoisotopic (exact) mass is 483 g/mol. The fraction of sp³-hybridized carbons (Fsp3) is 0.538. The molecule has 0 aliphatic carbocycles. The van der Waals surface area contributed by atoms with E-state index in [4.69, 9.17) is 4.74 Å². The van der Waals surface area contributed by atoms with Gasteiger partial charge in [-0.2, -0.15) is 0 Å². The summed E-state index contributed by atoms with van der Waals surface area (Å²) >= 11 is 0. The molecule has 35 heavy (non-hydrogen) atoms. The van der Waals surface area contributed by atoms with Crippen LogP contribution in [0, 0.1) is 11.7 Å². The lowest BCUT2D eigenvalue weighted by Crippen LogP contribution is -2.38. The molecule has 2 aliphatic heterocycles. The third kappa shape index (κ3) is 6.90. The van der Waals surface area contributed by atoms with Gasteiger partial charge in [0.25, 0.3) is 5.91 Å². The first-order chi connectivity index (χ1) is 17.0. The number of anilines is 1. The number of carbonyl (C=O) groups excluding carboxylic acids is 2. The van der Waals surface area contributed by atoms with E-state index in [9.17, 15) is 14.0 Å². The Morgan fingerprint density at radius 2 is 2.00 bits per heavy atom. The lowest BCUT2D eigenvalue weighted by molar-refractivity contribution is -0.119. The number of rotatable bonds is 10. The minimum Gasteiger partial charge on any atom is -0.493 e. The molecule has 4 rings (SSSR count). The van der Waals surface area contributed by atoms with Crippen molar-refractivity contribution < 1.29 is 18.7 Å². The van der Waals surface area contributed by atoms with Crippen LogP contribution < -0.4 is 20.3 Å². The molecule has 3 heterocycles. The van der Waals surface area contributed by atoms with Crippen LogP contribution in [-0.2, 0) is 11.2 Å². The van der Waals surface area contributed by atoms with E-state index in [-0.39, 0.29) is 17.5 Å². The Balaban J connectivity index is 1.14. The highest BCUT2D eigenvalue weighted by molar-refractivity contribution is 5.94. The number of aryl methyl sites for hydroxylation is 1. The average molecular weight is 484 g/mol. The molecule has 2 aliphatic rings. The molecule has 1 aromatic heterocycles. The first-order valence-electron chi connectivity index (χ1n) is 12.6. The quantitative estimate of drug-likeness (QED) is 0.504. The van der Waals surface area contributed by atoms with Crippen LogP contribution >= 0.6 is 0 Å². The maximum atomic E-state index is 14.5. The van der Waals surface area contributed by atoms with Crippen molar-refractivity contribution in [2.45, 2.75) is 57.9 Å². The maximum Gasteiger partial charge on any atom is 0.254 e. The van der Waals surface area contributed by atoms with Crippen molar-refractivity contribution in [2.75, 3.05) is 31.1 Å². The molecule has 1 atom stereocenters. The second-order valence-corrected chi connectivity index (χ2v) is 9.32. The molecule has 188 valence electrons. The van der Waals surface area contributed by atoms with Crippen molar-refractivity contribution in [1.82, 2.24) is 20.6 Å². The number of hydrogen-bond donors (Lipinski definition) is 2. The van der Waals surface area contributed by atoms with E-state index in [2.05, 4.69) is 32.4 Å². The van der Waals surface area contributed by atoms with E-state index >= 15 is 0 Å². The predicted octanol–water partition coefficient (Wildman–Crippen LogP) is 3.26. The second-order valence-electron chi connectivity index (χ2n) is 9.32. The van der Waals surface area contributed by atoms with Crippen LogP contribution in [0.5, 0.6) is 5.75 Å². The zero-order valence-corrected chi connectivity index (χ0v) is 20.3. The van der Waals surface area contributed by atoms with Crippen molar-refractivity contribution in [3.8, 4) is 5.75 Å². The van der Waals surface area contributed by atoms with E-state index in [1.54, 1.807) is 6.07 Å². The minimum absolute atomic E-state index is 0.0189. The Bertz CT molecular complexity index is 1010. The first kappa shape index (κ1) is 24.9. The van der Waals surface area contributed by atoms with Crippen LogP contribution in [0.1, 0.15) is 61.4 Å². The van der Waals surface area contributed by atoms with E-state index in [1.165, 1.54) is 12.1 Å². The van der Waals surface area contributed by atoms with Gasteiger partial charge in [0.15, 0.2) is 0 Å². The largest absolute Gasteiger partial charge is 0.493 e. The number of hydrogen-bond acceptors (Lipinski definition) is 6. The summed E-state index contributed by atoms with van der Waals surface area (Å²) in [6.07, 6.45) is 10.0. The Hall–Kier alpha value is -3.23. The van der Waals surface area contributed by atoms with Crippen LogP contribution in [0.15, 0.2) is 30.6 Å². The molecule has 2 fully saturated rings. The first-order valence-corrected chi connectivity index (χ1v) is 12.6. The van der Waals surface area contributed by atoms with E-state index in [1.807, 2.05) is 12.4 Å². The van der Waals surface area contributed by atoms with Gasteiger partial charge in [-0.25, -0.2) is 14.4 Å². The number of carbonyl (C=O) groups is 2. The minimum atomic E-state index is -0.614. The Morgan fingerprint density at radius 1 is 1.23 bits per heavy atom. The lowest BCUT2D eigenvalue weighted by Gasteiger charge is -2.32. The molecule has 2 N–H and O–H groups in total. The van der Waals surface area contributed by atoms with Crippen molar-refractivity contribution in [1.29, 1.82) is 0 Å². The number of nitrogens with zero attached hydrogens (tertiary/aromatic N) is 3. The van der Waals surface area contributed by atoms with Gasteiger partial charge in [0.05, 0.1) is 12.2 Å². The SMILES string of the molecule is CCc1cnc(N2CCC(CCCOc3ccc(C(=O)NCC4CCC(=O)N4)c(F)c3)CC2)nc1. The standard InChI is InChI=1S/C26H34FN5O3/c1-2-18-15-29-26(30-16-18)32-11-9-19(10-12-32)4-3-13-35-21-6-7-22(23(27)14-21)25(34)28-17-20-5-8-24(33)31-20/h6-7,14-16,19-20H,2-5,8-13,17H2,1H3,(H,28,34)(H,31,33). The molecule has 0 spiro atoms. The van der Waals surface area contributed by atoms with E-state index in [0.717, 1.165) is 56.7 Å². The molecule has 0 saturated carbocycles. The number of benzene rings is 1. The highest BCUT2D eigenvalue weighted by Gasteiger charge is 2.22. The molecule has 1 aromatic carbocycles. The van der Waals surface area contributed by atoms with Crippen LogP contribution in [-0.4, -0.2) is 54.1 Å². The predicted molar refractivity (Wildman–Crippen MR) is 131 cm³/mol. The molecule has 1 unspecified atom stereocenters. The summed E-state index contributed by atoms with van der Waals surface area (Å²) in [5.41, 5.74) is 1.12. The summed E-state index contributed by atoms with van der Waals surface area (Å²) in [4.78, 5) is 34.7. The van der Waals surface area contributed by atoms with Crippen molar-refractivity contribution >= 4 is 17.8 Å². The van der Waals surface area contributed by atoms with E-state index < -0.39 is 11.7 Å². The van der Waals surface area contributed by atoms with Gasteiger partial charge in [-0.15, -0.1) is 0 Å². The molecule has 9 heteroatoms. The van der Waals surface area contributed by atoms with Crippen LogP contribution in [0.25, 0.3) is 0 Å². The van der Waals surface area contributed by atoms with E-state index in [0.29, 0.717) is 37.7 Å². The van der Waals surface area contributed by atoms with Gasteiger partial charge in [-0.1, -0.05) is 6.92 Å². The number of halogens is 1. The number of aromatic nitrogens is 2. The van der Waals surface area contributed by atoms with Gasteiger partial charge in [0, 0.05) is 50.6 Å². The topological polar surface area (TPSA) is 96.5 Å². The van der Waals surface area contributed by atoms with Gasteiger partial charge < -0.3 is 20.3 Å². The molecule has 2 aromatic rings. The molecule has 0 bridgehead atoms. The lowest BCUT2D eigenvalue weighted by atomic mass is 9.92. The van der Waals surface area contributed by atoms with Crippen LogP contribution in [0.3, 0.4) is 0 Å². The summed E-state index contributed by atoms with van der Waals surface area (Å²) in [7, 11) is 0. The molecular formula is C26H34FN5O3. The van der Waals surface area contributed by atoms with Gasteiger partial charge in [0.1, 0.15) is 11.6 Å². The number of ether oxygens (including phenoxy) is 1. The normalized spacial score (nSPS) is 18.4. The van der Waals surface area contributed by atoms with Crippen LogP contribution in [0.2, 0.25) is 0 Å². The third-order valence-electron chi connectivity index (χ3n) is 6.80. The van der Waals surface area contributed by atoms with Gasteiger partial charge >= 0.3 is 0 Å². The summed E-state index contributed by atoms with van der Waals surface area (Å²) in [6, 6.07) is 4.23. The zero-order valence-electron chi connectivity index (χ0n) is 20.3. The van der Waals surface area contributed by atoms with Crippen molar-refractivity contribution in [3.05, 3.63) is 47.5 Å². The Labute approximate surface area is 205 Å². The summed E-state index contributed by atoms with van der Waals surface area (Å²) in [6.45, 7) is 4.81. The second kappa shape index (κ2) is 12.0. The Morgan fingerprint density at radius 3 is 2.66 bits per heavy atom. The third-order valence-corrected chi connectivity index (χ3v) is 6.80.